The van der Waals surface area contributed by atoms with Crippen LogP contribution in [0.2, 0.25) is 0 Å². The van der Waals surface area contributed by atoms with Gasteiger partial charge in [0.2, 0.25) is 11.8 Å². The van der Waals surface area contributed by atoms with Crippen LogP contribution in [0.25, 0.3) is 11.1 Å². The number of hydrogen-bond acceptors (Lipinski definition) is 6. The first-order valence-electron chi connectivity index (χ1n) is 8.05. The summed E-state index contributed by atoms with van der Waals surface area (Å²) < 4.78 is 11.2. The summed E-state index contributed by atoms with van der Waals surface area (Å²) in [7, 11) is 1.67. The fraction of sp³-hybridized carbons (Fsp3) is 0.158. The summed E-state index contributed by atoms with van der Waals surface area (Å²) in [6, 6.07) is 9.77. The number of hydrogen-bond donors (Lipinski definition) is 1. The Bertz CT molecular complexity index is 1140. The van der Waals surface area contributed by atoms with Crippen LogP contribution < -0.4 is 9.64 Å². The second-order valence-electron chi connectivity index (χ2n) is 6.10. The summed E-state index contributed by atoms with van der Waals surface area (Å²) in [6.45, 7) is -0.0395. The van der Waals surface area contributed by atoms with Crippen LogP contribution in [0, 0.1) is 11.3 Å². The van der Waals surface area contributed by atoms with Gasteiger partial charge in [-0.1, -0.05) is 0 Å². The summed E-state index contributed by atoms with van der Waals surface area (Å²) >= 11 is 0. The van der Waals surface area contributed by atoms with Gasteiger partial charge < -0.3 is 19.2 Å². The Kier molecular flexibility index (Phi) is 3.78. The summed E-state index contributed by atoms with van der Waals surface area (Å²) in [4.78, 5) is 28.6. The minimum Gasteiger partial charge on any atom is -0.482 e. The van der Waals surface area contributed by atoms with Gasteiger partial charge in [-0.05, 0) is 29.8 Å². The third kappa shape index (κ3) is 2.85. The number of likely N-dealkylation sites (N-methyl/N-ethyl adjacent to an activating group) is 1. The van der Waals surface area contributed by atoms with E-state index in [2.05, 4.69) is 11.1 Å². The van der Waals surface area contributed by atoms with Crippen molar-refractivity contribution in [3.63, 3.8) is 0 Å². The van der Waals surface area contributed by atoms with E-state index in [-0.39, 0.29) is 30.4 Å². The molecule has 1 aliphatic heterocycles. The maximum absolute atomic E-state index is 11.8. The van der Waals surface area contributed by atoms with E-state index in [1.54, 1.807) is 25.2 Å². The molecule has 2 aromatic carbocycles. The molecule has 8 nitrogen and oxygen atoms in total. The predicted molar refractivity (Wildman–Crippen MR) is 93.6 cm³/mol. The molecule has 1 N–H and O–H groups in total. The number of carboxylic acid groups (broad SMARTS) is 1. The van der Waals surface area contributed by atoms with Crippen LogP contribution in [0.5, 0.6) is 5.75 Å². The second kappa shape index (κ2) is 6.14. The number of carboxylic acids is 1. The van der Waals surface area contributed by atoms with Crippen molar-refractivity contribution >= 4 is 28.7 Å². The molecule has 0 spiro atoms. The maximum atomic E-state index is 11.8. The Hall–Kier alpha value is -3.86. The number of nitrogens with zero attached hydrogens (tertiary/aromatic N) is 3. The number of anilines is 1. The number of fused-ring (bicyclic) bond motifs is 2. The Morgan fingerprint density at radius 1 is 1.41 bits per heavy atom. The van der Waals surface area contributed by atoms with Crippen molar-refractivity contribution in [1.82, 2.24) is 4.98 Å². The van der Waals surface area contributed by atoms with E-state index in [0.29, 0.717) is 28.1 Å². The van der Waals surface area contributed by atoms with Gasteiger partial charge in [-0.2, -0.15) is 5.26 Å². The summed E-state index contributed by atoms with van der Waals surface area (Å²) in [6.07, 6.45) is 0.262. The fourth-order valence-electron chi connectivity index (χ4n) is 3.00. The summed E-state index contributed by atoms with van der Waals surface area (Å²) in [5, 5.41) is 18.4. The highest BCUT2D eigenvalue weighted by Crippen LogP contribution is 2.34. The monoisotopic (exact) mass is 363 g/mol. The molecule has 0 saturated carbocycles. The van der Waals surface area contributed by atoms with Crippen molar-refractivity contribution in [2.24, 2.45) is 0 Å². The number of benzene rings is 2. The van der Waals surface area contributed by atoms with Gasteiger partial charge in [-0.3, -0.25) is 4.79 Å². The van der Waals surface area contributed by atoms with Gasteiger partial charge in [-0.15, -0.1) is 0 Å². The van der Waals surface area contributed by atoms with E-state index in [0.717, 1.165) is 5.56 Å². The topological polar surface area (TPSA) is 117 Å². The predicted octanol–water partition coefficient (Wildman–Crippen LogP) is 2.50. The van der Waals surface area contributed by atoms with Crippen molar-refractivity contribution < 1.29 is 23.8 Å². The first-order valence-corrected chi connectivity index (χ1v) is 8.05. The minimum atomic E-state index is -1.05. The Balaban J connectivity index is 1.60. The largest absolute Gasteiger partial charge is 0.482 e. The van der Waals surface area contributed by atoms with Crippen LogP contribution in [-0.2, 0) is 17.8 Å². The lowest BCUT2D eigenvalue weighted by molar-refractivity contribution is -0.117. The van der Waals surface area contributed by atoms with E-state index in [4.69, 9.17) is 14.3 Å². The van der Waals surface area contributed by atoms with E-state index in [9.17, 15) is 14.9 Å². The molecule has 1 amide bonds. The van der Waals surface area contributed by atoms with Crippen LogP contribution in [0.15, 0.2) is 34.7 Å². The van der Waals surface area contributed by atoms with Crippen LogP contribution in [0.1, 0.15) is 27.4 Å². The molecule has 0 aliphatic carbocycles. The molecular weight excluding hydrogens is 350 g/mol. The first-order chi connectivity index (χ1) is 13.0. The number of carbonyl (C=O) groups is 2. The van der Waals surface area contributed by atoms with Gasteiger partial charge in [0.1, 0.15) is 17.3 Å². The molecule has 1 aromatic heterocycles. The van der Waals surface area contributed by atoms with Crippen molar-refractivity contribution in [2.75, 3.05) is 11.9 Å². The normalized spacial score (nSPS) is 12.9. The summed E-state index contributed by atoms with van der Waals surface area (Å²) in [5.41, 5.74) is 2.77. The highest BCUT2D eigenvalue weighted by atomic mass is 16.5. The lowest BCUT2D eigenvalue weighted by Gasteiger charge is -2.13. The molecule has 0 unspecified atom stereocenters. The molecule has 3 aromatic rings. The highest BCUT2D eigenvalue weighted by molar-refractivity contribution is 6.01. The van der Waals surface area contributed by atoms with Gasteiger partial charge in [-0.25, -0.2) is 9.78 Å². The van der Waals surface area contributed by atoms with Gasteiger partial charge in [0.25, 0.3) is 0 Å². The molecule has 134 valence electrons. The van der Waals surface area contributed by atoms with Gasteiger partial charge in [0, 0.05) is 13.1 Å². The standard InChI is InChI=1S/C19H13N3O5/c1-22-14-7-15(12(8-20)4-11(14)6-18(22)23)26-9-17-21-13-3-2-10(19(24)25)5-16(13)27-17/h2-5,7H,6,9H2,1H3,(H,24,25). The van der Waals surface area contributed by atoms with E-state index >= 15 is 0 Å². The van der Waals surface area contributed by atoms with E-state index < -0.39 is 5.97 Å². The molecule has 0 radical (unpaired) electrons. The number of oxazole rings is 1. The molecule has 8 heteroatoms. The SMILES string of the molecule is CN1C(=O)Cc2cc(C#N)c(OCc3nc4ccc(C(=O)O)cc4o3)cc21. The zero-order chi connectivity index (χ0) is 19.1. The van der Waals surface area contributed by atoms with Gasteiger partial charge in [0.05, 0.1) is 23.2 Å². The number of aromatic nitrogens is 1. The number of carbonyl (C=O) groups excluding carboxylic acids is 1. The first kappa shape index (κ1) is 16.6. The van der Waals surface area contributed by atoms with E-state index in [1.165, 1.54) is 17.0 Å². The third-order valence-electron chi connectivity index (χ3n) is 4.41. The number of amides is 1. The lowest BCUT2D eigenvalue weighted by Crippen LogP contribution is -2.20. The van der Waals surface area contributed by atoms with E-state index in [1.807, 2.05) is 0 Å². The molecular formula is C19H13N3O5. The number of nitriles is 1. The molecule has 0 fully saturated rings. The van der Waals surface area contributed by atoms with Crippen molar-refractivity contribution in [2.45, 2.75) is 13.0 Å². The zero-order valence-electron chi connectivity index (χ0n) is 14.2. The highest BCUT2D eigenvalue weighted by Gasteiger charge is 2.26. The second-order valence-corrected chi connectivity index (χ2v) is 6.10. The van der Waals surface area contributed by atoms with Crippen molar-refractivity contribution in [3.8, 4) is 11.8 Å². The van der Waals surface area contributed by atoms with Crippen LogP contribution in [0.4, 0.5) is 5.69 Å². The molecule has 4 rings (SSSR count). The Morgan fingerprint density at radius 2 is 2.22 bits per heavy atom. The van der Waals surface area contributed by atoms with Crippen molar-refractivity contribution in [1.29, 1.82) is 5.26 Å². The number of aromatic carboxylic acids is 1. The minimum absolute atomic E-state index is 0.0395. The van der Waals surface area contributed by atoms with Crippen LogP contribution >= 0.6 is 0 Å². The number of ether oxygens (including phenoxy) is 1. The molecule has 0 saturated heterocycles. The quantitative estimate of drug-likeness (QED) is 0.757. The molecule has 27 heavy (non-hydrogen) atoms. The van der Waals surface area contributed by atoms with Gasteiger partial charge >= 0.3 is 5.97 Å². The molecule has 2 heterocycles. The number of rotatable bonds is 4. The lowest BCUT2D eigenvalue weighted by atomic mass is 10.1. The zero-order valence-corrected chi connectivity index (χ0v) is 14.2. The molecule has 0 atom stereocenters. The summed E-state index contributed by atoms with van der Waals surface area (Å²) in [5.74, 6) is -0.520. The molecule has 0 bridgehead atoms. The van der Waals surface area contributed by atoms with Crippen LogP contribution in [-0.4, -0.2) is 29.0 Å². The Morgan fingerprint density at radius 3 is 2.96 bits per heavy atom. The van der Waals surface area contributed by atoms with Crippen LogP contribution in [0.3, 0.4) is 0 Å². The average Bonchev–Trinajstić information content (AvgIpc) is 3.19. The third-order valence-corrected chi connectivity index (χ3v) is 4.41. The smallest absolute Gasteiger partial charge is 0.335 e. The van der Waals surface area contributed by atoms with Crippen molar-refractivity contribution in [3.05, 3.63) is 52.9 Å². The van der Waals surface area contributed by atoms with Gasteiger partial charge in [0.15, 0.2) is 12.2 Å². The molecule has 1 aliphatic rings. The average molecular weight is 363 g/mol. The fourth-order valence-corrected chi connectivity index (χ4v) is 3.00. The Labute approximate surface area is 153 Å². The maximum Gasteiger partial charge on any atom is 0.335 e.